The molecule has 0 saturated heterocycles. The first-order valence-corrected chi connectivity index (χ1v) is 5.26. The number of carbonyl (C=O) groups is 1. The van der Waals surface area contributed by atoms with E-state index in [2.05, 4.69) is 15.3 Å². The van der Waals surface area contributed by atoms with E-state index in [-0.39, 0.29) is 0 Å². The molecule has 1 unspecified atom stereocenters. The van der Waals surface area contributed by atoms with Gasteiger partial charge in [0.05, 0.1) is 6.33 Å². The summed E-state index contributed by atoms with van der Waals surface area (Å²) in [6.07, 6.45) is 3.23. The van der Waals surface area contributed by atoms with Crippen molar-refractivity contribution in [3.8, 4) is 0 Å². The van der Waals surface area contributed by atoms with Gasteiger partial charge in [0.2, 0.25) is 0 Å². The normalized spacial score (nSPS) is 12.2. The van der Waals surface area contributed by atoms with Gasteiger partial charge in [0.15, 0.2) is 0 Å². The first kappa shape index (κ1) is 11.3. The minimum absolute atomic E-state index is 0.436. The van der Waals surface area contributed by atoms with Crippen LogP contribution in [0.1, 0.15) is 17.3 Å². The number of H-pyrrole nitrogens is 1. The van der Waals surface area contributed by atoms with Gasteiger partial charge in [-0.25, -0.2) is 4.98 Å². The Balaban J connectivity index is 2.06. The van der Waals surface area contributed by atoms with Crippen LogP contribution < -0.4 is 5.32 Å². The Kier molecular flexibility index (Phi) is 3.52. The molecule has 88 valence electrons. The SMILES string of the molecule is O=C(O)C(NCc1cnc[nH]1)c1ccccc1. The molecule has 0 fully saturated rings. The zero-order chi connectivity index (χ0) is 12.1. The number of carboxylic acid groups (broad SMARTS) is 1. The van der Waals surface area contributed by atoms with Crippen LogP contribution in [0.15, 0.2) is 42.9 Å². The minimum Gasteiger partial charge on any atom is -0.480 e. The van der Waals surface area contributed by atoms with Crippen LogP contribution in [0.3, 0.4) is 0 Å². The zero-order valence-electron chi connectivity index (χ0n) is 9.13. The number of aromatic nitrogens is 2. The average molecular weight is 231 g/mol. The molecule has 3 N–H and O–H groups in total. The van der Waals surface area contributed by atoms with Gasteiger partial charge in [-0.2, -0.15) is 0 Å². The molecule has 0 aliphatic carbocycles. The lowest BCUT2D eigenvalue weighted by Gasteiger charge is -2.13. The first-order valence-electron chi connectivity index (χ1n) is 5.26. The minimum atomic E-state index is -0.893. The summed E-state index contributed by atoms with van der Waals surface area (Å²) in [5.41, 5.74) is 1.59. The highest BCUT2D eigenvalue weighted by Gasteiger charge is 2.18. The summed E-state index contributed by atoms with van der Waals surface area (Å²) in [6, 6.07) is 8.38. The van der Waals surface area contributed by atoms with Crippen LogP contribution in [0.25, 0.3) is 0 Å². The number of imidazole rings is 1. The van der Waals surface area contributed by atoms with Crippen LogP contribution in [0, 0.1) is 0 Å². The summed E-state index contributed by atoms with van der Waals surface area (Å²) >= 11 is 0. The van der Waals surface area contributed by atoms with Crippen LogP contribution in [0.5, 0.6) is 0 Å². The lowest BCUT2D eigenvalue weighted by atomic mass is 10.1. The number of rotatable bonds is 5. The van der Waals surface area contributed by atoms with Crippen molar-refractivity contribution in [2.24, 2.45) is 0 Å². The van der Waals surface area contributed by atoms with Crippen LogP contribution in [0.2, 0.25) is 0 Å². The molecular weight excluding hydrogens is 218 g/mol. The largest absolute Gasteiger partial charge is 0.480 e. The average Bonchev–Trinajstić information content (AvgIpc) is 2.83. The Bertz CT molecular complexity index is 468. The van der Waals surface area contributed by atoms with Gasteiger partial charge < -0.3 is 10.1 Å². The van der Waals surface area contributed by atoms with E-state index in [0.717, 1.165) is 11.3 Å². The summed E-state index contributed by atoms with van der Waals surface area (Å²) in [5, 5.41) is 12.1. The highest BCUT2D eigenvalue weighted by Crippen LogP contribution is 2.13. The molecule has 2 rings (SSSR count). The molecule has 2 aromatic rings. The van der Waals surface area contributed by atoms with Crippen molar-refractivity contribution in [2.75, 3.05) is 0 Å². The predicted octanol–water partition coefficient (Wildman–Crippen LogP) is 1.33. The quantitative estimate of drug-likeness (QED) is 0.725. The number of aliphatic carboxylic acids is 1. The molecule has 17 heavy (non-hydrogen) atoms. The Morgan fingerprint density at radius 2 is 2.18 bits per heavy atom. The smallest absolute Gasteiger partial charge is 0.325 e. The summed E-state index contributed by atoms with van der Waals surface area (Å²) in [7, 11) is 0. The van der Waals surface area contributed by atoms with E-state index in [1.54, 1.807) is 24.7 Å². The summed E-state index contributed by atoms with van der Waals surface area (Å²) < 4.78 is 0. The van der Waals surface area contributed by atoms with E-state index < -0.39 is 12.0 Å². The van der Waals surface area contributed by atoms with Crippen molar-refractivity contribution in [3.05, 3.63) is 54.1 Å². The van der Waals surface area contributed by atoms with E-state index in [0.29, 0.717) is 6.54 Å². The van der Waals surface area contributed by atoms with Crippen LogP contribution in [-0.2, 0) is 11.3 Å². The second-order valence-electron chi connectivity index (χ2n) is 3.64. The molecule has 0 radical (unpaired) electrons. The second-order valence-corrected chi connectivity index (χ2v) is 3.64. The maximum absolute atomic E-state index is 11.2. The monoisotopic (exact) mass is 231 g/mol. The Morgan fingerprint density at radius 3 is 2.76 bits per heavy atom. The van der Waals surface area contributed by atoms with Gasteiger partial charge >= 0.3 is 5.97 Å². The molecule has 0 aliphatic heterocycles. The van der Waals surface area contributed by atoms with Crippen molar-refractivity contribution in [1.82, 2.24) is 15.3 Å². The standard InChI is InChI=1S/C12H13N3O2/c16-12(17)11(9-4-2-1-3-5-9)14-7-10-6-13-8-15-10/h1-6,8,11,14H,7H2,(H,13,15)(H,16,17). The lowest BCUT2D eigenvalue weighted by Crippen LogP contribution is -2.28. The van der Waals surface area contributed by atoms with E-state index in [1.165, 1.54) is 0 Å². The molecule has 1 heterocycles. The number of hydrogen-bond donors (Lipinski definition) is 3. The molecular formula is C12H13N3O2. The Labute approximate surface area is 98.5 Å². The maximum atomic E-state index is 11.2. The summed E-state index contributed by atoms with van der Waals surface area (Å²) in [5.74, 6) is -0.893. The van der Waals surface area contributed by atoms with Gasteiger partial charge in [0, 0.05) is 18.4 Å². The van der Waals surface area contributed by atoms with Crippen LogP contribution >= 0.6 is 0 Å². The Hall–Kier alpha value is -2.14. The third-order valence-electron chi connectivity index (χ3n) is 2.43. The second kappa shape index (κ2) is 5.27. The van der Waals surface area contributed by atoms with Gasteiger partial charge in [0.25, 0.3) is 0 Å². The summed E-state index contributed by atoms with van der Waals surface area (Å²) in [6.45, 7) is 0.436. The zero-order valence-corrected chi connectivity index (χ0v) is 9.13. The van der Waals surface area contributed by atoms with Crippen molar-refractivity contribution < 1.29 is 9.90 Å². The van der Waals surface area contributed by atoms with E-state index >= 15 is 0 Å². The number of benzene rings is 1. The fourth-order valence-corrected chi connectivity index (χ4v) is 1.59. The van der Waals surface area contributed by atoms with Crippen molar-refractivity contribution in [2.45, 2.75) is 12.6 Å². The lowest BCUT2D eigenvalue weighted by molar-refractivity contribution is -0.139. The molecule has 5 heteroatoms. The number of aromatic amines is 1. The predicted molar refractivity (Wildman–Crippen MR) is 62.2 cm³/mol. The van der Waals surface area contributed by atoms with Gasteiger partial charge in [-0.15, -0.1) is 0 Å². The molecule has 0 amide bonds. The van der Waals surface area contributed by atoms with Crippen molar-refractivity contribution in [3.63, 3.8) is 0 Å². The third kappa shape index (κ3) is 2.92. The molecule has 1 atom stereocenters. The molecule has 1 aromatic carbocycles. The van der Waals surface area contributed by atoms with E-state index in [9.17, 15) is 4.79 Å². The fraction of sp³-hybridized carbons (Fsp3) is 0.167. The fourth-order valence-electron chi connectivity index (χ4n) is 1.59. The number of nitrogens with one attached hydrogen (secondary N) is 2. The third-order valence-corrected chi connectivity index (χ3v) is 2.43. The highest BCUT2D eigenvalue weighted by atomic mass is 16.4. The van der Waals surface area contributed by atoms with Gasteiger partial charge in [-0.05, 0) is 5.56 Å². The topological polar surface area (TPSA) is 78.0 Å². The molecule has 0 aliphatic rings. The Morgan fingerprint density at radius 1 is 1.41 bits per heavy atom. The summed E-state index contributed by atoms with van der Waals surface area (Å²) in [4.78, 5) is 18.0. The van der Waals surface area contributed by atoms with E-state index in [4.69, 9.17) is 5.11 Å². The number of hydrogen-bond acceptors (Lipinski definition) is 3. The van der Waals surface area contributed by atoms with Crippen LogP contribution in [-0.4, -0.2) is 21.0 Å². The van der Waals surface area contributed by atoms with Gasteiger partial charge in [-0.3, -0.25) is 10.1 Å². The van der Waals surface area contributed by atoms with Crippen LogP contribution in [0.4, 0.5) is 0 Å². The molecule has 0 spiro atoms. The van der Waals surface area contributed by atoms with Gasteiger partial charge in [0.1, 0.15) is 6.04 Å². The van der Waals surface area contributed by atoms with E-state index in [1.807, 2.05) is 18.2 Å². The molecule has 5 nitrogen and oxygen atoms in total. The van der Waals surface area contributed by atoms with Gasteiger partial charge in [-0.1, -0.05) is 30.3 Å². The molecule has 1 aromatic heterocycles. The van der Waals surface area contributed by atoms with Crippen molar-refractivity contribution >= 4 is 5.97 Å². The molecule has 0 bridgehead atoms. The number of nitrogens with zero attached hydrogens (tertiary/aromatic N) is 1. The maximum Gasteiger partial charge on any atom is 0.325 e. The first-order chi connectivity index (χ1) is 8.27. The highest BCUT2D eigenvalue weighted by molar-refractivity contribution is 5.75. The van der Waals surface area contributed by atoms with Crippen molar-refractivity contribution in [1.29, 1.82) is 0 Å². The molecule has 0 saturated carbocycles. The number of carboxylic acids is 1.